The lowest BCUT2D eigenvalue weighted by atomic mass is 9.79. The maximum Gasteiger partial charge on any atom is 0.0916 e. The van der Waals surface area contributed by atoms with Gasteiger partial charge in [0.15, 0.2) is 0 Å². The van der Waals surface area contributed by atoms with Gasteiger partial charge in [-0.2, -0.15) is 0 Å². The zero-order valence-corrected chi connectivity index (χ0v) is 7.51. The number of aliphatic hydroxyl groups is 1. The summed E-state index contributed by atoms with van der Waals surface area (Å²) in [6.45, 7) is 4.37. The van der Waals surface area contributed by atoms with Gasteiger partial charge in [0.1, 0.15) is 0 Å². The fourth-order valence-electron chi connectivity index (χ4n) is 2.07. The van der Waals surface area contributed by atoms with Gasteiger partial charge in [0.25, 0.3) is 0 Å². The van der Waals surface area contributed by atoms with Crippen LogP contribution in [0, 0.1) is 11.8 Å². The van der Waals surface area contributed by atoms with Crippen molar-refractivity contribution in [1.29, 1.82) is 0 Å². The molecule has 0 aromatic rings. The molecule has 0 bridgehead atoms. The molecule has 11 heavy (non-hydrogen) atoms. The molecule has 1 rings (SSSR count). The lowest BCUT2D eigenvalue weighted by Gasteiger charge is -2.27. The second-order valence-corrected chi connectivity index (χ2v) is 3.39. The Bertz CT molecular complexity index is 149. The third kappa shape index (κ3) is 1.76. The smallest absolute Gasteiger partial charge is 0.0916 e. The van der Waals surface area contributed by atoms with E-state index in [1.165, 1.54) is 12.8 Å². The van der Waals surface area contributed by atoms with E-state index in [4.69, 9.17) is 0 Å². The molecule has 0 radical (unpaired) electrons. The third-order valence-corrected chi connectivity index (χ3v) is 2.80. The molecule has 0 fully saturated rings. The molecule has 2 unspecified atom stereocenters. The highest BCUT2D eigenvalue weighted by Crippen LogP contribution is 2.33. The Morgan fingerprint density at radius 2 is 2.18 bits per heavy atom. The minimum absolute atomic E-state index is 0.453. The molecule has 0 amide bonds. The van der Waals surface area contributed by atoms with Crippen molar-refractivity contribution in [3.05, 3.63) is 11.8 Å². The maximum atomic E-state index is 9.53. The van der Waals surface area contributed by atoms with Crippen LogP contribution in [0.3, 0.4) is 0 Å². The quantitative estimate of drug-likeness (QED) is 0.647. The molecule has 0 aromatic carbocycles. The van der Waals surface area contributed by atoms with E-state index in [1.54, 1.807) is 0 Å². The summed E-state index contributed by atoms with van der Waals surface area (Å²) < 4.78 is 0. The van der Waals surface area contributed by atoms with Crippen LogP contribution >= 0.6 is 0 Å². The van der Waals surface area contributed by atoms with Gasteiger partial charge < -0.3 is 5.11 Å². The second-order valence-electron chi connectivity index (χ2n) is 3.39. The van der Waals surface area contributed by atoms with E-state index < -0.39 is 0 Å². The second kappa shape index (κ2) is 3.80. The van der Waals surface area contributed by atoms with E-state index in [2.05, 4.69) is 13.8 Å². The van der Waals surface area contributed by atoms with Crippen LogP contribution < -0.4 is 0 Å². The molecule has 1 aliphatic carbocycles. The van der Waals surface area contributed by atoms with Crippen LogP contribution in [0.25, 0.3) is 0 Å². The van der Waals surface area contributed by atoms with Gasteiger partial charge in [-0.3, -0.25) is 0 Å². The summed E-state index contributed by atoms with van der Waals surface area (Å²) in [5, 5.41) is 9.53. The topological polar surface area (TPSA) is 20.2 Å². The highest BCUT2D eigenvalue weighted by Gasteiger charge is 2.24. The van der Waals surface area contributed by atoms with E-state index in [0.717, 1.165) is 18.8 Å². The van der Waals surface area contributed by atoms with Crippen LogP contribution in [-0.2, 0) is 0 Å². The van der Waals surface area contributed by atoms with Crippen molar-refractivity contribution in [3.63, 3.8) is 0 Å². The summed E-state index contributed by atoms with van der Waals surface area (Å²) in [4.78, 5) is 0. The Balaban J connectivity index is 2.63. The molecule has 2 atom stereocenters. The van der Waals surface area contributed by atoms with Crippen LogP contribution in [-0.4, -0.2) is 5.11 Å². The zero-order valence-electron chi connectivity index (χ0n) is 7.51. The van der Waals surface area contributed by atoms with Crippen LogP contribution in [0.5, 0.6) is 0 Å². The average Bonchev–Trinajstić information content (AvgIpc) is 2.04. The molecule has 1 heteroatoms. The van der Waals surface area contributed by atoms with Crippen molar-refractivity contribution in [2.24, 2.45) is 11.8 Å². The summed E-state index contributed by atoms with van der Waals surface area (Å²) in [6.07, 6.45) is 6.61. The van der Waals surface area contributed by atoms with E-state index >= 15 is 0 Å². The Morgan fingerprint density at radius 3 is 2.64 bits per heavy atom. The first kappa shape index (κ1) is 8.63. The van der Waals surface area contributed by atoms with Crippen LogP contribution in [0.2, 0.25) is 0 Å². The van der Waals surface area contributed by atoms with Crippen molar-refractivity contribution in [2.75, 3.05) is 0 Å². The molecule has 0 spiro atoms. The zero-order chi connectivity index (χ0) is 8.27. The third-order valence-electron chi connectivity index (χ3n) is 2.80. The molecule has 0 saturated carbocycles. The van der Waals surface area contributed by atoms with E-state index in [0.29, 0.717) is 11.7 Å². The standard InChI is InChI=1S/C10H18O/c1-3-8-6-5-7-10(11)9(8)4-2/h7-9,11H,3-6H2,1-2H3. The Hall–Kier alpha value is -0.460. The van der Waals surface area contributed by atoms with Gasteiger partial charge in [0, 0.05) is 5.92 Å². The Kier molecular flexibility index (Phi) is 2.98. The predicted octanol–water partition coefficient (Wildman–Crippen LogP) is 3.27. The highest BCUT2D eigenvalue weighted by atomic mass is 16.3. The normalized spacial score (nSPS) is 31.6. The fraction of sp³-hybridized carbons (Fsp3) is 0.800. The molecule has 1 N–H and O–H groups in total. The summed E-state index contributed by atoms with van der Waals surface area (Å²) in [5.74, 6) is 1.82. The first-order chi connectivity index (χ1) is 5.29. The molecule has 0 aliphatic heterocycles. The van der Waals surface area contributed by atoms with Crippen LogP contribution in [0.4, 0.5) is 0 Å². The number of rotatable bonds is 2. The van der Waals surface area contributed by atoms with Crippen LogP contribution in [0.15, 0.2) is 11.8 Å². The van der Waals surface area contributed by atoms with Gasteiger partial charge in [0.05, 0.1) is 5.76 Å². The summed E-state index contributed by atoms with van der Waals surface area (Å²) >= 11 is 0. The van der Waals surface area contributed by atoms with Crippen molar-refractivity contribution >= 4 is 0 Å². The van der Waals surface area contributed by atoms with Crippen molar-refractivity contribution in [1.82, 2.24) is 0 Å². The van der Waals surface area contributed by atoms with Gasteiger partial charge in [-0.25, -0.2) is 0 Å². The minimum atomic E-state index is 0.453. The number of allylic oxidation sites excluding steroid dienone is 2. The Morgan fingerprint density at radius 1 is 1.45 bits per heavy atom. The van der Waals surface area contributed by atoms with Gasteiger partial charge in [-0.05, 0) is 31.3 Å². The van der Waals surface area contributed by atoms with E-state index in [-0.39, 0.29) is 0 Å². The minimum Gasteiger partial charge on any atom is -0.512 e. The van der Waals surface area contributed by atoms with E-state index in [9.17, 15) is 5.11 Å². The number of hydrogen-bond acceptors (Lipinski definition) is 1. The Labute approximate surface area is 69.1 Å². The van der Waals surface area contributed by atoms with E-state index in [1.807, 2.05) is 6.08 Å². The lowest BCUT2D eigenvalue weighted by molar-refractivity contribution is 0.222. The largest absolute Gasteiger partial charge is 0.512 e. The number of aliphatic hydroxyl groups excluding tert-OH is 1. The van der Waals surface area contributed by atoms with Gasteiger partial charge >= 0.3 is 0 Å². The predicted molar refractivity (Wildman–Crippen MR) is 47.5 cm³/mol. The van der Waals surface area contributed by atoms with Crippen molar-refractivity contribution in [3.8, 4) is 0 Å². The lowest BCUT2D eigenvalue weighted by Crippen LogP contribution is -2.19. The molecular weight excluding hydrogens is 136 g/mol. The fourth-order valence-corrected chi connectivity index (χ4v) is 2.07. The molecule has 64 valence electrons. The molecule has 0 saturated heterocycles. The van der Waals surface area contributed by atoms with Gasteiger partial charge in [0.2, 0.25) is 0 Å². The molecule has 1 aliphatic rings. The SMILES string of the molecule is CCC1CCC=C(O)C1CC. The summed E-state index contributed by atoms with van der Waals surface area (Å²) in [6, 6.07) is 0. The molecule has 1 nitrogen and oxygen atoms in total. The number of hydrogen-bond donors (Lipinski definition) is 1. The summed E-state index contributed by atoms with van der Waals surface area (Å²) in [5.41, 5.74) is 0. The summed E-state index contributed by atoms with van der Waals surface area (Å²) in [7, 11) is 0. The monoisotopic (exact) mass is 154 g/mol. The van der Waals surface area contributed by atoms with Crippen LogP contribution in [0.1, 0.15) is 39.5 Å². The molecular formula is C10H18O. The maximum absolute atomic E-state index is 9.53. The molecule has 0 aromatic heterocycles. The highest BCUT2D eigenvalue weighted by molar-refractivity contribution is 5.03. The first-order valence-corrected chi connectivity index (χ1v) is 4.68. The first-order valence-electron chi connectivity index (χ1n) is 4.68. The van der Waals surface area contributed by atoms with Gasteiger partial charge in [-0.15, -0.1) is 0 Å². The van der Waals surface area contributed by atoms with Gasteiger partial charge in [-0.1, -0.05) is 20.3 Å². The van der Waals surface area contributed by atoms with Crippen molar-refractivity contribution in [2.45, 2.75) is 39.5 Å². The van der Waals surface area contributed by atoms with Crippen molar-refractivity contribution < 1.29 is 5.11 Å². The average molecular weight is 154 g/mol. The molecule has 0 heterocycles.